The third-order valence-corrected chi connectivity index (χ3v) is 21.5. The predicted molar refractivity (Wildman–Crippen MR) is 147 cm³/mol. The molecule has 0 amide bonds. The average Bonchev–Trinajstić information content (AvgIpc) is 2.60. The maximum absolute atomic E-state index is 5.70. The predicted octanol–water partition coefficient (Wildman–Crippen LogP) is 4.28. The van der Waals surface area contributed by atoms with Gasteiger partial charge in [0.1, 0.15) is 0 Å². The van der Waals surface area contributed by atoms with Crippen molar-refractivity contribution in [2.45, 2.75) is 0 Å². The molecule has 0 saturated heterocycles. The molecule has 0 spiro atoms. The molecule has 32 heavy (non-hydrogen) atoms. The molecule has 0 radical (unpaired) electrons. The molecular weight excluding hydrogens is 484 g/mol. The van der Waals surface area contributed by atoms with Crippen molar-refractivity contribution in [2.75, 3.05) is 113 Å². The minimum atomic E-state index is -2.54. The zero-order valence-corrected chi connectivity index (χ0v) is 26.7. The van der Waals surface area contributed by atoms with E-state index < -0.39 is 30.0 Å². The second-order valence-electron chi connectivity index (χ2n) is 9.28. The lowest BCUT2D eigenvalue weighted by atomic mass is 11.3. The van der Waals surface area contributed by atoms with Gasteiger partial charge in [-0.15, -0.1) is 0 Å². The molecule has 0 aromatic rings. The van der Waals surface area contributed by atoms with E-state index in [2.05, 4.69) is 150 Å². The van der Waals surface area contributed by atoms with E-state index in [0.29, 0.717) is 0 Å². The highest BCUT2D eigenvalue weighted by Crippen LogP contribution is 2.81. The Morgan fingerprint density at radius 2 is 0.344 bits per heavy atom. The summed E-state index contributed by atoms with van der Waals surface area (Å²) in [6.07, 6.45) is 0. The van der Waals surface area contributed by atoms with Gasteiger partial charge in [-0.3, -0.25) is 0 Å². The van der Waals surface area contributed by atoms with Crippen molar-refractivity contribution >= 4 is 30.0 Å². The van der Waals surface area contributed by atoms with E-state index >= 15 is 0 Å². The van der Waals surface area contributed by atoms with Gasteiger partial charge in [-0.25, -0.2) is 37.4 Å². The maximum Gasteiger partial charge on any atom is 0.220 e. The van der Waals surface area contributed by atoms with Crippen LogP contribution < -0.4 is 0 Å². The Labute approximate surface area is 198 Å². The van der Waals surface area contributed by atoms with E-state index in [9.17, 15) is 0 Å². The highest BCUT2D eigenvalue weighted by atomic mass is 31.3. The van der Waals surface area contributed by atoms with Crippen molar-refractivity contribution in [3.8, 4) is 0 Å². The number of rotatable bonds is 8. The molecule has 0 atom stereocenters. The minimum absolute atomic E-state index is 2.07. The number of hydrogen-bond acceptors (Lipinski definition) is 12. The Hall–Kier alpha value is 0.600. The Kier molecular flexibility index (Phi) is 10.2. The van der Waals surface area contributed by atoms with Crippen LogP contribution in [0, 0.1) is 0 Å². The highest BCUT2D eigenvalue weighted by molar-refractivity contribution is 7.83. The lowest BCUT2D eigenvalue weighted by Crippen LogP contribution is -2.29. The first-order chi connectivity index (χ1) is 14.4. The topological polar surface area (TPSA) is 75.4 Å². The van der Waals surface area contributed by atoms with Crippen molar-refractivity contribution in [1.82, 2.24) is 37.4 Å². The van der Waals surface area contributed by atoms with E-state index in [1.54, 1.807) is 0 Å². The van der Waals surface area contributed by atoms with Crippen molar-refractivity contribution in [3.05, 3.63) is 0 Å². The molecule has 1 aliphatic heterocycles. The first-order valence-corrected chi connectivity index (χ1v) is 16.8. The summed E-state index contributed by atoms with van der Waals surface area (Å²) in [5.74, 6) is 0. The summed E-state index contributed by atoms with van der Waals surface area (Å²) in [5, 5.41) is 0. The van der Waals surface area contributed by atoms with Crippen LogP contribution in [0.3, 0.4) is 0 Å². The minimum Gasteiger partial charge on any atom is -0.246 e. The molecule has 0 saturated carbocycles. The standard InChI is InChI=1S/C16H48N12P4/c1-21(2)29(22(3)4)17-30(23(5)6,24(7)8)19-32(27(13)14,28(15)16)20-31(18-29,25(9)10)26(11)12/h1-16H3. The van der Waals surface area contributed by atoms with Crippen molar-refractivity contribution < 1.29 is 0 Å². The molecule has 0 bridgehead atoms. The summed E-state index contributed by atoms with van der Waals surface area (Å²) < 4.78 is 40.2. The lowest BCUT2D eigenvalue weighted by Gasteiger charge is -2.47. The fourth-order valence-electron chi connectivity index (χ4n) is 3.43. The molecule has 0 aliphatic carbocycles. The molecule has 0 aromatic carbocycles. The second-order valence-corrected chi connectivity index (χ2v) is 22.8. The lowest BCUT2D eigenvalue weighted by molar-refractivity contribution is 0.529. The number of hydrogen-bond donors (Lipinski definition) is 0. The quantitative estimate of drug-likeness (QED) is 0.429. The van der Waals surface area contributed by atoms with Crippen molar-refractivity contribution in [3.63, 3.8) is 0 Å². The van der Waals surface area contributed by atoms with Gasteiger partial charge in [-0.05, 0) is 113 Å². The summed E-state index contributed by atoms with van der Waals surface area (Å²) in [6, 6.07) is 0. The van der Waals surface area contributed by atoms with Crippen LogP contribution in [0.15, 0.2) is 18.1 Å². The van der Waals surface area contributed by atoms with Crippen LogP contribution in [0.25, 0.3) is 0 Å². The zero-order valence-electron chi connectivity index (χ0n) is 23.2. The Balaban J connectivity index is 4.73. The SMILES string of the molecule is CN(C)P1(N(C)C)=NP(N(C)C)(N(C)C)=NP(N(C)C)(N(C)C)=NP(N(C)C)(N(C)C)=N1. The zero-order chi connectivity index (χ0) is 25.4. The summed E-state index contributed by atoms with van der Waals surface area (Å²) in [4.78, 5) is 0. The van der Waals surface area contributed by atoms with Gasteiger partial charge in [0.2, 0.25) is 30.0 Å². The first kappa shape index (κ1) is 30.6. The second kappa shape index (κ2) is 10.7. The molecule has 16 heteroatoms. The van der Waals surface area contributed by atoms with Gasteiger partial charge in [-0.2, -0.15) is 18.1 Å². The highest BCUT2D eigenvalue weighted by Gasteiger charge is 2.44. The smallest absolute Gasteiger partial charge is 0.220 e. The summed E-state index contributed by atoms with van der Waals surface area (Å²) in [6.45, 7) is 0. The van der Waals surface area contributed by atoms with Gasteiger partial charge in [-0.1, -0.05) is 0 Å². The summed E-state index contributed by atoms with van der Waals surface area (Å²) >= 11 is 0. The van der Waals surface area contributed by atoms with Gasteiger partial charge in [0.25, 0.3) is 0 Å². The molecule has 1 rings (SSSR count). The maximum atomic E-state index is 5.70. The molecule has 0 N–H and O–H groups in total. The van der Waals surface area contributed by atoms with E-state index in [-0.39, 0.29) is 0 Å². The summed E-state index contributed by atoms with van der Waals surface area (Å²) in [5.41, 5.74) is 0. The van der Waals surface area contributed by atoms with Crippen LogP contribution in [0.1, 0.15) is 0 Å². The van der Waals surface area contributed by atoms with Crippen LogP contribution in [-0.2, 0) is 0 Å². The largest absolute Gasteiger partial charge is 0.246 e. The third kappa shape index (κ3) is 5.09. The van der Waals surface area contributed by atoms with Crippen LogP contribution >= 0.6 is 30.0 Å². The fraction of sp³-hybridized carbons (Fsp3) is 1.00. The molecular formula is C16H48N12P4. The van der Waals surface area contributed by atoms with E-state index in [1.165, 1.54) is 0 Å². The molecule has 1 aliphatic rings. The van der Waals surface area contributed by atoms with Crippen LogP contribution in [0.2, 0.25) is 0 Å². The van der Waals surface area contributed by atoms with Crippen LogP contribution in [-0.4, -0.2) is 150 Å². The molecule has 0 unspecified atom stereocenters. The Bertz CT molecular complexity index is 671. The van der Waals surface area contributed by atoms with E-state index in [4.69, 9.17) is 18.1 Å². The average molecular weight is 533 g/mol. The molecule has 0 fully saturated rings. The molecule has 0 aromatic heterocycles. The van der Waals surface area contributed by atoms with Crippen molar-refractivity contribution in [1.29, 1.82) is 0 Å². The van der Waals surface area contributed by atoms with Gasteiger partial charge >= 0.3 is 0 Å². The van der Waals surface area contributed by atoms with Gasteiger partial charge in [0.05, 0.1) is 0 Å². The molecule has 192 valence electrons. The van der Waals surface area contributed by atoms with Crippen LogP contribution in [0.4, 0.5) is 0 Å². The molecule has 12 nitrogen and oxygen atoms in total. The van der Waals surface area contributed by atoms with Crippen LogP contribution in [0.5, 0.6) is 0 Å². The van der Waals surface area contributed by atoms with Gasteiger partial charge in [0, 0.05) is 0 Å². The summed E-state index contributed by atoms with van der Waals surface area (Å²) in [7, 11) is 23.0. The fourth-order valence-corrected chi connectivity index (χ4v) is 23.5. The van der Waals surface area contributed by atoms with Gasteiger partial charge < -0.3 is 0 Å². The van der Waals surface area contributed by atoms with E-state index in [1.807, 2.05) is 0 Å². The molecule has 1 heterocycles. The number of nitrogens with zero attached hydrogens (tertiary/aromatic N) is 12. The third-order valence-electron chi connectivity index (χ3n) is 5.25. The Morgan fingerprint density at radius 3 is 0.406 bits per heavy atom. The normalized spacial score (nSPS) is 22.2. The Morgan fingerprint density at radius 1 is 0.250 bits per heavy atom. The first-order valence-electron chi connectivity index (χ1n) is 10.4. The van der Waals surface area contributed by atoms with Gasteiger partial charge in [0.15, 0.2) is 0 Å². The monoisotopic (exact) mass is 532 g/mol. The van der Waals surface area contributed by atoms with Crippen molar-refractivity contribution in [2.24, 2.45) is 18.1 Å². The van der Waals surface area contributed by atoms with E-state index in [0.717, 1.165) is 0 Å².